The molecule has 0 aromatic heterocycles. The molecule has 0 spiro atoms. The van der Waals surface area contributed by atoms with E-state index in [1.165, 1.54) is 18.4 Å². The fourth-order valence-corrected chi connectivity index (χ4v) is 2.58. The van der Waals surface area contributed by atoms with Gasteiger partial charge in [0.25, 0.3) is 0 Å². The zero-order valence-electron chi connectivity index (χ0n) is 11.0. The van der Waals surface area contributed by atoms with E-state index >= 15 is 0 Å². The van der Waals surface area contributed by atoms with Crippen molar-refractivity contribution in [2.24, 2.45) is 0 Å². The van der Waals surface area contributed by atoms with E-state index in [-0.39, 0.29) is 18.3 Å². The van der Waals surface area contributed by atoms with Gasteiger partial charge in [-0.2, -0.15) is 0 Å². The second-order valence-corrected chi connectivity index (χ2v) is 5.70. The van der Waals surface area contributed by atoms with Crippen LogP contribution in [-0.4, -0.2) is 18.5 Å². The molecule has 1 saturated heterocycles. The fraction of sp³-hybridized carbons (Fsp3) is 0.500. The van der Waals surface area contributed by atoms with Gasteiger partial charge >= 0.3 is 0 Å². The lowest BCUT2D eigenvalue weighted by atomic mass is 10.1. The molecule has 1 aromatic carbocycles. The highest BCUT2D eigenvalue weighted by atomic mass is 79.9. The minimum absolute atomic E-state index is 0. The summed E-state index contributed by atoms with van der Waals surface area (Å²) in [4.78, 5) is 11.8. The van der Waals surface area contributed by atoms with Crippen molar-refractivity contribution in [2.75, 3.05) is 11.9 Å². The smallest absolute Gasteiger partial charge is 0.224 e. The van der Waals surface area contributed by atoms with Gasteiger partial charge in [-0.25, -0.2) is 0 Å². The third-order valence-electron chi connectivity index (χ3n) is 3.34. The first kappa shape index (κ1) is 16.5. The van der Waals surface area contributed by atoms with Crippen LogP contribution in [0.1, 0.15) is 31.2 Å². The number of hydrogen-bond acceptors (Lipinski definition) is 2. The Morgan fingerprint density at radius 3 is 2.95 bits per heavy atom. The van der Waals surface area contributed by atoms with Gasteiger partial charge in [-0.05, 0) is 50.4 Å². The van der Waals surface area contributed by atoms with Gasteiger partial charge < -0.3 is 10.6 Å². The molecule has 1 aliphatic heterocycles. The SMILES string of the molecule is Cc1ccc(NC(=O)CCC2CCCN2)cc1Br.Cl. The van der Waals surface area contributed by atoms with Crippen LogP contribution in [0.4, 0.5) is 5.69 Å². The van der Waals surface area contributed by atoms with E-state index in [1.807, 2.05) is 25.1 Å². The molecule has 1 fully saturated rings. The van der Waals surface area contributed by atoms with Gasteiger partial charge in [0.1, 0.15) is 0 Å². The van der Waals surface area contributed by atoms with Crippen LogP contribution in [0.2, 0.25) is 0 Å². The number of nitrogens with one attached hydrogen (secondary N) is 2. The summed E-state index contributed by atoms with van der Waals surface area (Å²) >= 11 is 3.47. The van der Waals surface area contributed by atoms with E-state index in [9.17, 15) is 4.79 Å². The van der Waals surface area contributed by atoms with Gasteiger partial charge in [0.15, 0.2) is 0 Å². The van der Waals surface area contributed by atoms with Crippen molar-refractivity contribution in [1.82, 2.24) is 5.32 Å². The van der Waals surface area contributed by atoms with E-state index in [0.29, 0.717) is 12.5 Å². The molecule has 2 rings (SSSR count). The maximum absolute atomic E-state index is 11.8. The summed E-state index contributed by atoms with van der Waals surface area (Å²) in [7, 11) is 0. The number of amides is 1. The molecule has 3 nitrogen and oxygen atoms in total. The van der Waals surface area contributed by atoms with Crippen molar-refractivity contribution in [3.63, 3.8) is 0 Å². The van der Waals surface area contributed by atoms with Crippen LogP contribution in [0.25, 0.3) is 0 Å². The van der Waals surface area contributed by atoms with Gasteiger partial charge in [0, 0.05) is 22.6 Å². The molecule has 1 unspecified atom stereocenters. The molecule has 1 amide bonds. The first-order chi connectivity index (χ1) is 8.65. The Balaban J connectivity index is 0.00000180. The summed E-state index contributed by atoms with van der Waals surface area (Å²) in [6.45, 7) is 3.12. The van der Waals surface area contributed by atoms with Crippen LogP contribution in [-0.2, 0) is 4.79 Å². The zero-order valence-corrected chi connectivity index (χ0v) is 13.4. The molecule has 0 bridgehead atoms. The molecule has 1 heterocycles. The number of carbonyl (C=O) groups excluding carboxylic acids is 1. The van der Waals surface area contributed by atoms with Gasteiger partial charge in [-0.3, -0.25) is 4.79 Å². The maximum atomic E-state index is 11.8. The van der Waals surface area contributed by atoms with E-state index in [1.54, 1.807) is 0 Å². The Bertz CT molecular complexity index is 433. The molecule has 2 N–H and O–H groups in total. The molecular formula is C14H20BrClN2O. The third-order valence-corrected chi connectivity index (χ3v) is 4.19. The molecule has 19 heavy (non-hydrogen) atoms. The zero-order chi connectivity index (χ0) is 13.0. The Hall–Kier alpha value is -0.580. The average molecular weight is 348 g/mol. The highest BCUT2D eigenvalue weighted by molar-refractivity contribution is 9.10. The monoisotopic (exact) mass is 346 g/mol. The number of rotatable bonds is 4. The lowest BCUT2D eigenvalue weighted by molar-refractivity contribution is -0.116. The van der Waals surface area contributed by atoms with Crippen LogP contribution >= 0.6 is 28.3 Å². The number of aryl methyl sites for hydroxylation is 1. The van der Waals surface area contributed by atoms with Crippen LogP contribution in [0.15, 0.2) is 22.7 Å². The van der Waals surface area contributed by atoms with Crippen molar-refractivity contribution in [3.8, 4) is 0 Å². The molecule has 1 atom stereocenters. The second-order valence-electron chi connectivity index (χ2n) is 4.84. The van der Waals surface area contributed by atoms with E-state index < -0.39 is 0 Å². The van der Waals surface area contributed by atoms with Crippen molar-refractivity contribution in [3.05, 3.63) is 28.2 Å². The first-order valence-electron chi connectivity index (χ1n) is 6.44. The molecule has 1 aromatic rings. The quantitative estimate of drug-likeness (QED) is 0.873. The second kappa shape index (κ2) is 7.88. The highest BCUT2D eigenvalue weighted by Gasteiger charge is 2.15. The average Bonchev–Trinajstić information content (AvgIpc) is 2.84. The van der Waals surface area contributed by atoms with Crippen molar-refractivity contribution in [1.29, 1.82) is 0 Å². The Kier molecular flexibility index (Phi) is 6.83. The number of benzene rings is 1. The summed E-state index contributed by atoms with van der Waals surface area (Å²) in [5, 5.41) is 6.34. The topological polar surface area (TPSA) is 41.1 Å². The number of carbonyl (C=O) groups is 1. The summed E-state index contributed by atoms with van der Waals surface area (Å²) < 4.78 is 1.03. The number of hydrogen-bond donors (Lipinski definition) is 2. The Morgan fingerprint density at radius 1 is 1.53 bits per heavy atom. The lowest BCUT2D eigenvalue weighted by Gasteiger charge is -2.10. The van der Waals surface area contributed by atoms with Crippen molar-refractivity contribution in [2.45, 2.75) is 38.6 Å². The molecule has 0 radical (unpaired) electrons. The third kappa shape index (κ3) is 5.13. The molecule has 106 valence electrons. The van der Waals surface area contributed by atoms with Gasteiger partial charge in [0.05, 0.1) is 0 Å². The van der Waals surface area contributed by atoms with Crippen LogP contribution in [0.3, 0.4) is 0 Å². The van der Waals surface area contributed by atoms with E-state index in [0.717, 1.165) is 23.1 Å². The van der Waals surface area contributed by atoms with Crippen molar-refractivity contribution < 1.29 is 4.79 Å². The minimum Gasteiger partial charge on any atom is -0.326 e. The first-order valence-corrected chi connectivity index (χ1v) is 7.24. The Labute approximate surface area is 129 Å². The molecule has 0 saturated carbocycles. The molecule has 0 aliphatic carbocycles. The summed E-state index contributed by atoms with van der Waals surface area (Å²) in [5.74, 6) is 0.0967. The molecule has 1 aliphatic rings. The maximum Gasteiger partial charge on any atom is 0.224 e. The standard InChI is InChI=1S/C14H19BrN2O.ClH/c1-10-4-5-12(9-13(10)15)17-14(18)7-6-11-3-2-8-16-11;/h4-5,9,11,16H,2-3,6-8H2,1H3,(H,17,18);1H. The van der Waals surface area contributed by atoms with Crippen LogP contribution < -0.4 is 10.6 Å². The van der Waals surface area contributed by atoms with E-state index in [2.05, 4.69) is 26.6 Å². The van der Waals surface area contributed by atoms with Gasteiger partial charge in [-0.1, -0.05) is 22.0 Å². The molecule has 5 heteroatoms. The van der Waals surface area contributed by atoms with Gasteiger partial charge in [-0.15, -0.1) is 12.4 Å². The number of halogens is 2. The normalized spacial score (nSPS) is 17.9. The predicted molar refractivity (Wildman–Crippen MR) is 85.0 cm³/mol. The number of anilines is 1. The fourth-order valence-electron chi connectivity index (χ4n) is 2.20. The Morgan fingerprint density at radius 2 is 2.32 bits per heavy atom. The van der Waals surface area contributed by atoms with E-state index in [4.69, 9.17) is 0 Å². The molecular weight excluding hydrogens is 328 g/mol. The van der Waals surface area contributed by atoms with Crippen molar-refractivity contribution >= 4 is 39.9 Å². The van der Waals surface area contributed by atoms with Gasteiger partial charge in [0.2, 0.25) is 5.91 Å². The summed E-state index contributed by atoms with van der Waals surface area (Å²) in [6, 6.07) is 6.41. The predicted octanol–water partition coefficient (Wildman–Crippen LogP) is 3.65. The summed E-state index contributed by atoms with van der Waals surface area (Å²) in [6.07, 6.45) is 3.95. The lowest BCUT2D eigenvalue weighted by Crippen LogP contribution is -2.23. The van der Waals surface area contributed by atoms with Crippen LogP contribution in [0, 0.1) is 6.92 Å². The minimum atomic E-state index is 0. The largest absolute Gasteiger partial charge is 0.326 e. The highest BCUT2D eigenvalue weighted by Crippen LogP contribution is 2.21. The summed E-state index contributed by atoms with van der Waals surface area (Å²) in [5.41, 5.74) is 2.03. The van der Waals surface area contributed by atoms with Crippen LogP contribution in [0.5, 0.6) is 0 Å².